The van der Waals surface area contributed by atoms with Crippen molar-refractivity contribution in [3.05, 3.63) is 18.1 Å². The van der Waals surface area contributed by atoms with Gasteiger partial charge < -0.3 is 9.64 Å². The molecule has 0 aromatic carbocycles. The maximum atomic E-state index is 4.98. The second-order valence-electron chi connectivity index (χ2n) is 2.93. The first-order valence-corrected chi connectivity index (χ1v) is 4.22. The Hall–Kier alpha value is -1.16. The second kappa shape index (κ2) is 4.77. The topological polar surface area (TPSA) is 38.2 Å². The van der Waals surface area contributed by atoms with E-state index in [9.17, 15) is 0 Å². The van der Waals surface area contributed by atoms with Crippen molar-refractivity contribution in [3.8, 4) is 0 Å². The normalized spacial score (nSPS) is 10.1. The standard InChI is InChI=1S/C9H15N3O/c1-8-6-9(11-7-10-8)12(2)4-5-13-3/h6-7H,4-5H2,1-3H3. The first-order valence-electron chi connectivity index (χ1n) is 4.22. The van der Waals surface area contributed by atoms with Crippen LogP contribution in [0.4, 0.5) is 5.82 Å². The average molecular weight is 181 g/mol. The van der Waals surface area contributed by atoms with Gasteiger partial charge in [0, 0.05) is 32.5 Å². The average Bonchev–Trinajstić information content (AvgIpc) is 2.14. The molecule has 0 aliphatic heterocycles. The lowest BCUT2D eigenvalue weighted by molar-refractivity contribution is 0.206. The van der Waals surface area contributed by atoms with Crippen LogP contribution in [0, 0.1) is 6.92 Å². The summed E-state index contributed by atoms with van der Waals surface area (Å²) in [4.78, 5) is 10.2. The third-order valence-corrected chi connectivity index (χ3v) is 1.81. The van der Waals surface area contributed by atoms with Crippen molar-refractivity contribution >= 4 is 5.82 Å². The Labute approximate surface area is 78.6 Å². The first-order chi connectivity index (χ1) is 6.24. The molecule has 0 spiro atoms. The van der Waals surface area contributed by atoms with E-state index in [4.69, 9.17) is 4.74 Å². The Morgan fingerprint density at radius 2 is 2.23 bits per heavy atom. The van der Waals surface area contributed by atoms with Gasteiger partial charge in [0.05, 0.1) is 6.61 Å². The molecular weight excluding hydrogens is 166 g/mol. The van der Waals surface area contributed by atoms with Crippen LogP contribution in [-0.4, -0.2) is 37.3 Å². The number of ether oxygens (including phenoxy) is 1. The second-order valence-corrected chi connectivity index (χ2v) is 2.93. The molecule has 13 heavy (non-hydrogen) atoms. The molecule has 1 aromatic rings. The molecule has 0 radical (unpaired) electrons. The monoisotopic (exact) mass is 181 g/mol. The van der Waals surface area contributed by atoms with Gasteiger partial charge in [-0.15, -0.1) is 0 Å². The summed E-state index contributed by atoms with van der Waals surface area (Å²) in [6, 6.07) is 1.95. The zero-order chi connectivity index (χ0) is 9.68. The largest absolute Gasteiger partial charge is 0.383 e. The van der Waals surface area contributed by atoms with Crippen LogP contribution in [0.15, 0.2) is 12.4 Å². The Morgan fingerprint density at radius 3 is 2.85 bits per heavy atom. The van der Waals surface area contributed by atoms with Crippen LogP contribution in [0.3, 0.4) is 0 Å². The van der Waals surface area contributed by atoms with Crippen molar-refractivity contribution in [1.82, 2.24) is 9.97 Å². The summed E-state index contributed by atoms with van der Waals surface area (Å²) in [6.45, 7) is 3.50. The quantitative estimate of drug-likeness (QED) is 0.690. The molecule has 0 amide bonds. The van der Waals surface area contributed by atoms with E-state index in [0.29, 0.717) is 6.61 Å². The maximum Gasteiger partial charge on any atom is 0.131 e. The minimum atomic E-state index is 0.708. The molecule has 0 unspecified atom stereocenters. The fraction of sp³-hybridized carbons (Fsp3) is 0.556. The van der Waals surface area contributed by atoms with Crippen molar-refractivity contribution in [1.29, 1.82) is 0 Å². The van der Waals surface area contributed by atoms with E-state index in [1.807, 2.05) is 24.9 Å². The number of anilines is 1. The highest BCUT2D eigenvalue weighted by molar-refractivity contribution is 5.37. The molecule has 0 saturated carbocycles. The van der Waals surface area contributed by atoms with Gasteiger partial charge in [-0.25, -0.2) is 9.97 Å². The van der Waals surface area contributed by atoms with Crippen LogP contribution in [0.2, 0.25) is 0 Å². The molecule has 0 atom stereocenters. The van der Waals surface area contributed by atoms with Gasteiger partial charge in [-0.05, 0) is 6.92 Å². The molecule has 72 valence electrons. The van der Waals surface area contributed by atoms with E-state index in [-0.39, 0.29) is 0 Å². The van der Waals surface area contributed by atoms with Gasteiger partial charge >= 0.3 is 0 Å². The number of aromatic nitrogens is 2. The summed E-state index contributed by atoms with van der Waals surface area (Å²) in [5.41, 5.74) is 0.981. The van der Waals surface area contributed by atoms with E-state index in [1.165, 1.54) is 0 Å². The molecule has 0 bridgehead atoms. The first kappa shape index (κ1) is 9.92. The molecule has 0 aliphatic carbocycles. The summed E-state index contributed by atoms with van der Waals surface area (Å²) < 4.78 is 4.98. The number of nitrogens with zero attached hydrogens (tertiary/aromatic N) is 3. The number of hydrogen-bond donors (Lipinski definition) is 0. The summed E-state index contributed by atoms with van der Waals surface area (Å²) in [6.07, 6.45) is 1.58. The van der Waals surface area contributed by atoms with E-state index in [2.05, 4.69) is 9.97 Å². The Balaban J connectivity index is 2.60. The Kier molecular flexibility index (Phi) is 3.64. The van der Waals surface area contributed by atoms with E-state index < -0.39 is 0 Å². The zero-order valence-electron chi connectivity index (χ0n) is 8.32. The third kappa shape index (κ3) is 2.99. The fourth-order valence-electron chi connectivity index (χ4n) is 0.992. The minimum Gasteiger partial charge on any atom is -0.383 e. The minimum absolute atomic E-state index is 0.708. The number of aryl methyl sites for hydroxylation is 1. The molecule has 0 saturated heterocycles. The molecule has 0 fully saturated rings. The lowest BCUT2D eigenvalue weighted by atomic mass is 10.4. The van der Waals surface area contributed by atoms with Crippen molar-refractivity contribution in [2.24, 2.45) is 0 Å². The van der Waals surface area contributed by atoms with Crippen LogP contribution in [0.1, 0.15) is 5.69 Å². The summed E-state index contributed by atoms with van der Waals surface area (Å²) in [7, 11) is 3.68. The third-order valence-electron chi connectivity index (χ3n) is 1.81. The highest BCUT2D eigenvalue weighted by Gasteiger charge is 2.01. The molecule has 0 N–H and O–H groups in total. The van der Waals surface area contributed by atoms with Gasteiger partial charge in [0.15, 0.2) is 0 Å². The molecule has 1 aromatic heterocycles. The van der Waals surface area contributed by atoms with Gasteiger partial charge in [0.25, 0.3) is 0 Å². The molecule has 0 aliphatic rings. The van der Waals surface area contributed by atoms with E-state index in [1.54, 1.807) is 13.4 Å². The summed E-state index contributed by atoms with van der Waals surface area (Å²) >= 11 is 0. The van der Waals surface area contributed by atoms with Crippen molar-refractivity contribution in [3.63, 3.8) is 0 Å². The Morgan fingerprint density at radius 1 is 1.46 bits per heavy atom. The van der Waals surface area contributed by atoms with Gasteiger partial charge in [-0.3, -0.25) is 0 Å². The number of hydrogen-bond acceptors (Lipinski definition) is 4. The van der Waals surface area contributed by atoms with E-state index >= 15 is 0 Å². The summed E-state index contributed by atoms with van der Waals surface area (Å²) in [5, 5.41) is 0. The van der Waals surface area contributed by atoms with Crippen LogP contribution in [0.25, 0.3) is 0 Å². The lowest BCUT2D eigenvalue weighted by Crippen LogP contribution is -2.23. The maximum absolute atomic E-state index is 4.98. The lowest BCUT2D eigenvalue weighted by Gasteiger charge is -2.17. The Bertz CT molecular complexity index is 265. The van der Waals surface area contributed by atoms with Crippen LogP contribution in [0.5, 0.6) is 0 Å². The van der Waals surface area contributed by atoms with Crippen molar-refractivity contribution in [2.75, 3.05) is 32.2 Å². The number of likely N-dealkylation sites (N-methyl/N-ethyl adjacent to an activating group) is 1. The van der Waals surface area contributed by atoms with Crippen LogP contribution < -0.4 is 4.90 Å². The zero-order valence-corrected chi connectivity index (χ0v) is 8.32. The molecule has 1 rings (SSSR count). The van der Waals surface area contributed by atoms with E-state index in [0.717, 1.165) is 18.1 Å². The fourth-order valence-corrected chi connectivity index (χ4v) is 0.992. The highest BCUT2D eigenvalue weighted by atomic mass is 16.5. The van der Waals surface area contributed by atoms with Gasteiger partial charge in [-0.1, -0.05) is 0 Å². The van der Waals surface area contributed by atoms with Crippen molar-refractivity contribution < 1.29 is 4.74 Å². The SMILES string of the molecule is COCCN(C)c1cc(C)ncn1. The van der Waals surface area contributed by atoms with Crippen LogP contribution >= 0.6 is 0 Å². The van der Waals surface area contributed by atoms with Gasteiger partial charge in [0.2, 0.25) is 0 Å². The predicted octanol–water partition coefficient (Wildman–Crippen LogP) is 0.868. The van der Waals surface area contributed by atoms with Gasteiger partial charge in [0.1, 0.15) is 12.1 Å². The molecule has 1 heterocycles. The smallest absolute Gasteiger partial charge is 0.131 e. The van der Waals surface area contributed by atoms with Gasteiger partial charge in [-0.2, -0.15) is 0 Å². The van der Waals surface area contributed by atoms with Crippen LogP contribution in [-0.2, 0) is 4.74 Å². The molecule has 4 nitrogen and oxygen atoms in total. The number of rotatable bonds is 4. The highest BCUT2D eigenvalue weighted by Crippen LogP contribution is 2.07. The predicted molar refractivity (Wildman–Crippen MR) is 51.9 cm³/mol. The molecular formula is C9H15N3O. The summed E-state index contributed by atoms with van der Waals surface area (Å²) in [5.74, 6) is 0.935. The number of methoxy groups -OCH3 is 1. The molecule has 4 heteroatoms. The van der Waals surface area contributed by atoms with Crippen molar-refractivity contribution in [2.45, 2.75) is 6.92 Å².